The van der Waals surface area contributed by atoms with Crippen LogP contribution in [0.4, 0.5) is 0 Å². The Kier molecular flexibility index (Phi) is 4.11. The fourth-order valence-corrected chi connectivity index (χ4v) is 1.64. The van der Waals surface area contributed by atoms with Crippen LogP contribution in [0.5, 0.6) is 5.75 Å². The number of benzene rings is 1. The van der Waals surface area contributed by atoms with Crippen LogP contribution in [0.3, 0.4) is 0 Å². The van der Waals surface area contributed by atoms with Gasteiger partial charge in [-0.25, -0.2) is 0 Å². The summed E-state index contributed by atoms with van der Waals surface area (Å²) in [5, 5.41) is 4.25. The average Bonchev–Trinajstić information content (AvgIpc) is 2.39. The summed E-state index contributed by atoms with van der Waals surface area (Å²) in [6.45, 7) is 5.90. The number of pyridine rings is 1. The SMILES string of the molecule is C=CCNCCOc1cccc2ncccc12. The molecule has 0 radical (unpaired) electrons. The molecule has 0 bridgehead atoms. The Hall–Kier alpha value is -1.87. The molecular weight excluding hydrogens is 212 g/mol. The molecule has 0 atom stereocenters. The molecule has 0 fully saturated rings. The monoisotopic (exact) mass is 228 g/mol. The maximum Gasteiger partial charge on any atom is 0.128 e. The molecule has 0 aliphatic carbocycles. The summed E-state index contributed by atoms with van der Waals surface area (Å²) >= 11 is 0. The maximum atomic E-state index is 5.73. The summed E-state index contributed by atoms with van der Waals surface area (Å²) in [6.07, 6.45) is 3.62. The maximum absolute atomic E-state index is 5.73. The zero-order valence-corrected chi connectivity index (χ0v) is 9.73. The normalized spacial score (nSPS) is 10.4. The quantitative estimate of drug-likeness (QED) is 0.609. The molecule has 1 N–H and O–H groups in total. The fourth-order valence-electron chi connectivity index (χ4n) is 1.64. The van der Waals surface area contributed by atoms with Gasteiger partial charge < -0.3 is 10.1 Å². The highest BCUT2D eigenvalue weighted by Crippen LogP contribution is 2.23. The Labute approximate surface area is 101 Å². The van der Waals surface area contributed by atoms with Gasteiger partial charge in [0.05, 0.1) is 5.52 Å². The lowest BCUT2D eigenvalue weighted by atomic mass is 10.2. The van der Waals surface area contributed by atoms with E-state index in [0.29, 0.717) is 6.61 Å². The molecule has 2 rings (SSSR count). The lowest BCUT2D eigenvalue weighted by Gasteiger charge is -2.08. The largest absolute Gasteiger partial charge is 0.492 e. The molecule has 88 valence electrons. The Morgan fingerprint density at radius 1 is 1.29 bits per heavy atom. The van der Waals surface area contributed by atoms with Crippen LogP contribution in [-0.2, 0) is 0 Å². The first-order chi connectivity index (χ1) is 8.42. The number of rotatable bonds is 6. The molecule has 0 aliphatic rings. The highest BCUT2D eigenvalue weighted by Gasteiger charge is 2.01. The van der Waals surface area contributed by atoms with Gasteiger partial charge in [-0.2, -0.15) is 0 Å². The van der Waals surface area contributed by atoms with E-state index in [4.69, 9.17) is 4.74 Å². The number of aromatic nitrogens is 1. The summed E-state index contributed by atoms with van der Waals surface area (Å²) in [5.41, 5.74) is 0.962. The van der Waals surface area contributed by atoms with Crippen molar-refractivity contribution in [2.24, 2.45) is 0 Å². The molecular formula is C14H16N2O. The standard InChI is InChI=1S/C14H16N2O/c1-2-8-15-10-11-17-14-7-3-6-13-12(14)5-4-9-16-13/h2-7,9,15H,1,8,10-11H2. The molecule has 3 nitrogen and oxygen atoms in total. The van der Waals surface area contributed by atoms with E-state index in [9.17, 15) is 0 Å². The van der Waals surface area contributed by atoms with Crippen LogP contribution in [0.25, 0.3) is 10.9 Å². The molecule has 1 heterocycles. The van der Waals surface area contributed by atoms with Gasteiger partial charge in [0, 0.05) is 24.7 Å². The number of nitrogens with zero attached hydrogens (tertiary/aromatic N) is 1. The van der Waals surface area contributed by atoms with Crippen molar-refractivity contribution in [2.45, 2.75) is 0 Å². The third kappa shape index (κ3) is 3.04. The van der Waals surface area contributed by atoms with Crippen molar-refractivity contribution in [2.75, 3.05) is 19.7 Å². The third-order valence-corrected chi connectivity index (χ3v) is 2.43. The van der Waals surface area contributed by atoms with E-state index in [0.717, 1.165) is 29.7 Å². The molecule has 0 unspecified atom stereocenters. The van der Waals surface area contributed by atoms with E-state index in [1.54, 1.807) is 6.20 Å². The minimum atomic E-state index is 0.641. The molecule has 0 saturated carbocycles. The Morgan fingerprint density at radius 2 is 2.24 bits per heavy atom. The van der Waals surface area contributed by atoms with Crippen LogP contribution in [-0.4, -0.2) is 24.7 Å². The van der Waals surface area contributed by atoms with Crippen molar-refractivity contribution >= 4 is 10.9 Å². The van der Waals surface area contributed by atoms with Crippen molar-refractivity contribution in [3.63, 3.8) is 0 Å². The van der Waals surface area contributed by atoms with Crippen LogP contribution in [0.1, 0.15) is 0 Å². The molecule has 0 spiro atoms. The summed E-state index contributed by atoms with van der Waals surface area (Å²) in [5.74, 6) is 0.885. The van der Waals surface area contributed by atoms with E-state index in [2.05, 4.69) is 16.9 Å². The highest BCUT2D eigenvalue weighted by molar-refractivity contribution is 5.84. The molecule has 17 heavy (non-hydrogen) atoms. The molecule has 0 aliphatic heterocycles. The van der Waals surface area contributed by atoms with Gasteiger partial charge in [-0.3, -0.25) is 4.98 Å². The Balaban J connectivity index is 2.01. The van der Waals surface area contributed by atoms with Gasteiger partial charge in [-0.05, 0) is 24.3 Å². The Bertz CT molecular complexity index is 491. The predicted molar refractivity (Wildman–Crippen MR) is 70.3 cm³/mol. The van der Waals surface area contributed by atoms with Gasteiger partial charge in [0.1, 0.15) is 12.4 Å². The topological polar surface area (TPSA) is 34.1 Å². The van der Waals surface area contributed by atoms with Gasteiger partial charge in [0.15, 0.2) is 0 Å². The molecule has 2 aromatic rings. The summed E-state index contributed by atoms with van der Waals surface area (Å²) < 4.78 is 5.73. The van der Waals surface area contributed by atoms with Crippen LogP contribution in [0.2, 0.25) is 0 Å². The fraction of sp³-hybridized carbons (Fsp3) is 0.214. The van der Waals surface area contributed by atoms with Crippen LogP contribution >= 0.6 is 0 Å². The van der Waals surface area contributed by atoms with Gasteiger partial charge >= 0.3 is 0 Å². The van der Waals surface area contributed by atoms with Crippen molar-refractivity contribution in [3.8, 4) is 5.75 Å². The van der Waals surface area contributed by atoms with E-state index < -0.39 is 0 Å². The first kappa shape index (κ1) is 11.6. The smallest absolute Gasteiger partial charge is 0.128 e. The summed E-state index contributed by atoms with van der Waals surface area (Å²) in [6, 6.07) is 9.86. The minimum Gasteiger partial charge on any atom is -0.492 e. The van der Waals surface area contributed by atoms with E-state index in [1.807, 2.05) is 36.4 Å². The second kappa shape index (κ2) is 6.01. The first-order valence-electron chi connectivity index (χ1n) is 5.70. The highest BCUT2D eigenvalue weighted by atomic mass is 16.5. The number of hydrogen-bond acceptors (Lipinski definition) is 3. The molecule has 0 saturated heterocycles. The molecule has 3 heteroatoms. The lowest BCUT2D eigenvalue weighted by Crippen LogP contribution is -2.20. The first-order valence-corrected chi connectivity index (χ1v) is 5.70. The third-order valence-electron chi connectivity index (χ3n) is 2.43. The van der Waals surface area contributed by atoms with Crippen molar-refractivity contribution < 1.29 is 4.74 Å². The number of hydrogen-bond donors (Lipinski definition) is 1. The van der Waals surface area contributed by atoms with E-state index in [1.165, 1.54) is 0 Å². The summed E-state index contributed by atoms with van der Waals surface area (Å²) in [7, 11) is 0. The van der Waals surface area contributed by atoms with Gasteiger partial charge in [0.25, 0.3) is 0 Å². The van der Waals surface area contributed by atoms with E-state index in [-0.39, 0.29) is 0 Å². The number of nitrogens with one attached hydrogen (secondary N) is 1. The van der Waals surface area contributed by atoms with Gasteiger partial charge in [-0.15, -0.1) is 6.58 Å². The van der Waals surface area contributed by atoms with Crippen LogP contribution < -0.4 is 10.1 Å². The zero-order chi connectivity index (χ0) is 11.9. The zero-order valence-electron chi connectivity index (χ0n) is 9.73. The minimum absolute atomic E-state index is 0.641. The summed E-state index contributed by atoms with van der Waals surface area (Å²) in [4.78, 5) is 4.29. The van der Waals surface area contributed by atoms with Crippen LogP contribution in [0.15, 0.2) is 49.2 Å². The number of ether oxygens (including phenoxy) is 1. The average molecular weight is 228 g/mol. The van der Waals surface area contributed by atoms with Crippen molar-refractivity contribution in [1.29, 1.82) is 0 Å². The number of fused-ring (bicyclic) bond motifs is 1. The second-order valence-corrected chi connectivity index (χ2v) is 3.67. The lowest BCUT2D eigenvalue weighted by molar-refractivity contribution is 0.320. The van der Waals surface area contributed by atoms with Gasteiger partial charge in [0.2, 0.25) is 0 Å². The second-order valence-electron chi connectivity index (χ2n) is 3.67. The Morgan fingerprint density at radius 3 is 3.12 bits per heavy atom. The molecule has 0 amide bonds. The molecule has 1 aromatic heterocycles. The van der Waals surface area contributed by atoms with E-state index >= 15 is 0 Å². The predicted octanol–water partition coefficient (Wildman–Crippen LogP) is 2.39. The van der Waals surface area contributed by atoms with Crippen molar-refractivity contribution in [3.05, 3.63) is 49.2 Å². The van der Waals surface area contributed by atoms with Crippen molar-refractivity contribution in [1.82, 2.24) is 10.3 Å². The van der Waals surface area contributed by atoms with Crippen LogP contribution in [0, 0.1) is 0 Å². The molecule has 1 aromatic carbocycles. The van der Waals surface area contributed by atoms with Gasteiger partial charge in [-0.1, -0.05) is 12.1 Å².